The summed E-state index contributed by atoms with van der Waals surface area (Å²) in [5.74, 6) is 0. The molecule has 1 saturated heterocycles. The van der Waals surface area contributed by atoms with Crippen LogP contribution in [-0.4, -0.2) is 48.7 Å². The topological polar surface area (TPSA) is 45.1 Å². The highest BCUT2D eigenvalue weighted by Gasteiger charge is 2.14. The lowest BCUT2D eigenvalue weighted by Gasteiger charge is -2.26. The van der Waals surface area contributed by atoms with Crippen molar-refractivity contribution in [2.24, 2.45) is 5.16 Å². The monoisotopic (exact) mass is 332 g/mol. The van der Waals surface area contributed by atoms with Crippen LogP contribution in [0.4, 0.5) is 0 Å². The maximum absolute atomic E-state index is 8.74. The quantitative estimate of drug-likeness (QED) is 0.376. The van der Waals surface area contributed by atoms with Crippen LogP contribution in [-0.2, 0) is 11.2 Å². The summed E-state index contributed by atoms with van der Waals surface area (Å²) in [6.45, 7) is 5.03. The van der Waals surface area contributed by atoms with E-state index in [-0.39, 0.29) is 0 Å². The molecule has 0 unspecified atom stereocenters. The second-order valence-corrected chi connectivity index (χ2v) is 6.62. The Hall–Kier alpha value is -1.39. The molecule has 1 fully saturated rings. The minimum Gasteiger partial charge on any atom is -0.411 e. The highest BCUT2D eigenvalue weighted by atomic mass is 16.5. The van der Waals surface area contributed by atoms with Gasteiger partial charge in [0.05, 0.1) is 5.71 Å². The van der Waals surface area contributed by atoms with Crippen molar-refractivity contribution in [3.63, 3.8) is 0 Å². The second kappa shape index (κ2) is 12.0. The number of hydrogen-bond donors (Lipinski definition) is 1. The van der Waals surface area contributed by atoms with Gasteiger partial charge in [0.15, 0.2) is 0 Å². The van der Waals surface area contributed by atoms with Gasteiger partial charge in [-0.25, -0.2) is 0 Å². The number of ether oxygens (including phenoxy) is 1. The van der Waals surface area contributed by atoms with Crippen LogP contribution in [0.2, 0.25) is 0 Å². The van der Waals surface area contributed by atoms with Crippen LogP contribution < -0.4 is 0 Å². The number of benzene rings is 1. The van der Waals surface area contributed by atoms with Crippen molar-refractivity contribution in [3.05, 3.63) is 35.9 Å². The van der Waals surface area contributed by atoms with Crippen molar-refractivity contribution in [3.8, 4) is 0 Å². The SMILES string of the molecule is ON=C1CCN(CCCCCOCCCCc2ccccc2)CC1. The van der Waals surface area contributed by atoms with E-state index in [1.807, 2.05) is 0 Å². The standard InChI is InChI=1S/C20H32N2O2/c23-21-20-12-15-22(16-13-20)14-6-2-7-17-24-18-8-5-11-19-9-3-1-4-10-19/h1,3-4,9-10,23H,2,5-8,11-18H2. The number of oxime groups is 1. The van der Waals surface area contributed by atoms with Gasteiger partial charge in [-0.05, 0) is 50.6 Å². The number of unbranched alkanes of at least 4 members (excludes halogenated alkanes) is 3. The van der Waals surface area contributed by atoms with Crippen LogP contribution in [0.1, 0.15) is 50.5 Å². The van der Waals surface area contributed by atoms with Crippen LogP contribution in [0.3, 0.4) is 0 Å². The molecule has 4 nitrogen and oxygen atoms in total. The zero-order valence-electron chi connectivity index (χ0n) is 14.8. The van der Waals surface area contributed by atoms with Gasteiger partial charge in [0, 0.05) is 39.1 Å². The zero-order chi connectivity index (χ0) is 16.9. The van der Waals surface area contributed by atoms with Crippen molar-refractivity contribution in [1.82, 2.24) is 4.90 Å². The number of rotatable bonds is 11. The maximum atomic E-state index is 8.74. The Kier molecular flexibility index (Phi) is 9.50. The van der Waals surface area contributed by atoms with Crippen molar-refractivity contribution in [1.29, 1.82) is 0 Å². The first-order valence-corrected chi connectivity index (χ1v) is 9.42. The van der Waals surface area contributed by atoms with E-state index in [0.717, 1.165) is 70.7 Å². The van der Waals surface area contributed by atoms with E-state index in [1.165, 1.54) is 24.8 Å². The highest BCUT2D eigenvalue weighted by Crippen LogP contribution is 2.09. The molecule has 0 amide bonds. The average molecular weight is 332 g/mol. The molecule has 1 N–H and O–H groups in total. The van der Waals surface area contributed by atoms with Crippen molar-refractivity contribution < 1.29 is 9.94 Å². The number of likely N-dealkylation sites (tertiary alicyclic amines) is 1. The van der Waals surface area contributed by atoms with Crippen LogP contribution in [0.15, 0.2) is 35.5 Å². The molecule has 1 heterocycles. The molecular weight excluding hydrogens is 300 g/mol. The summed E-state index contributed by atoms with van der Waals surface area (Å²) in [5.41, 5.74) is 2.37. The summed E-state index contributed by atoms with van der Waals surface area (Å²) in [6.07, 6.45) is 8.99. The molecule has 0 aliphatic carbocycles. The zero-order valence-corrected chi connectivity index (χ0v) is 14.8. The summed E-state index contributed by atoms with van der Waals surface area (Å²) >= 11 is 0. The molecule has 0 aromatic heterocycles. The van der Waals surface area contributed by atoms with E-state index >= 15 is 0 Å². The molecule has 2 rings (SSSR count). The van der Waals surface area contributed by atoms with Crippen LogP contribution in [0, 0.1) is 0 Å². The van der Waals surface area contributed by atoms with E-state index in [0.29, 0.717) is 0 Å². The largest absolute Gasteiger partial charge is 0.411 e. The molecule has 1 aliphatic rings. The number of aryl methyl sites for hydroxylation is 1. The van der Waals surface area contributed by atoms with Crippen LogP contribution >= 0.6 is 0 Å². The molecule has 0 radical (unpaired) electrons. The molecule has 1 aromatic rings. The average Bonchev–Trinajstić information content (AvgIpc) is 2.64. The molecule has 24 heavy (non-hydrogen) atoms. The molecule has 0 atom stereocenters. The molecule has 0 spiro atoms. The fourth-order valence-electron chi connectivity index (χ4n) is 3.13. The number of hydrogen-bond acceptors (Lipinski definition) is 4. The van der Waals surface area contributed by atoms with E-state index in [4.69, 9.17) is 9.94 Å². The van der Waals surface area contributed by atoms with Gasteiger partial charge >= 0.3 is 0 Å². The first-order valence-electron chi connectivity index (χ1n) is 9.42. The van der Waals surface area contributed by atoms with Crippen LogP contribution in [0.5, 0.6) is 0 Å². The molecule has 0 bridgehead atoms. The Morgan fingerprint density at radius 2 is 1.62 bits per heavy atom. The Labute approximate surface area is 146 Å². The van der Waals surface area contributed by atoms with Crippen molar-refractivity contribution in [2.45, 2.75) is 51.4 Å². The minimum absolute atomic E-state index is 0.891. The second-order valence-electron chi connectivity index (χ2n) is 6.62. The summed E-state index contributed by atoms with van der Waals surface area (Å²) in [7, 11) is 0. The predicted octanol–water partition coefficient (Wildman–Crippen LogP) is 4.12. The number of nitrogens with zero attached hydrogens (tertiary/aromatic N) is 2. The Morgan fingerprint density at radius 3 is 2.33 bits per heavy atom. The maximum Gasteiger partial charge on any atom is 0.0596 e. The Bertz CT molecular complexity index is 452. The van der Waals surface area contributed by atoms with Gasteiger partial charge in [-0.2, -0.15) is 0 Å². The summed E-state index contributed by atoms with van der Waals surface area (Å²) < 4.78 is 5.74. The molecule has 1 aliphatic heterocycles. The minimum atomic E-state index is 0.891. The molecule has 0 saturated carbocycles. The Morgan fingerprint density at radius 1 is 0.917 bits per heavy atom. The van der Waals surface area contributed by atoms with E-state index in [9.17, 15) is 0 Å². The van der Waals surface area contributed by atoms with E-state index in [1.54, 1.807) is 0 Å². The molecule has 1 aromatic carbocycles. The first kappa shape index (κ1) is 18.9. The van der Waals surface area contributed by atoms with Gasteiger partial charge in [-0.3, -0.25) is 0 Å². The summed E-state index contributed by atoms with van der Waals surface area (Å²) in [5, 5.41) is 12.1. The third-order valence-corrected chi connectivity index (χ3v) is 4.68. The fraction of sp³-hybridized carbons (Fsp3) is 0.650. The van der Waals surface area contributed by atoms with E-state index in [2.05, 4.69) is 40.4 Å². The van der Waals surface area contributed by atoms with Gasteiger partial charge < -0.3 is 14.8 Å². The fourth-order valence-corrected chi connectivity index (χ4v) is 3.13. The van der Waals surface area contributed by atoms with Crippen LogP contribution in [0.25, 0.3) is 0 Å². The van der Waals surface area contributed by atoms with E-state index < -0.39 is 0 Å². The molecule has 134 valence electrons. The van der Waals surface area contributed by atoms with Crippen molar-refractivity contribution in [2.75, 3.05) is 32.8 Å². The van der Waals surface area contributed by atoms with Crippen molar-refractivity contribution >= 4 is 5.71 Å². The lowest BCUT2D eigenvalue weighted by Crippen LogP contribution is -2.34. The lowest BCUT2D eigenvalue weighted by atomic mass is 10.1. The third kappa shape index (κ3) is 7.93. The lowest BCUT2D eigenvalue weighted by molar-refractivity contribution is 0.125. The normalized spacial score (nSPS) is 15.6. The molecular formula is C20H32N2O2. The van der Waals surface area contributed by atoms with Gasteiger partial charge in [0.25, 0.3) is 0 Å². The molecule has 4 heteroatoms. The smallest absolute Gasteiger partial charge is 0.0596 e. The predicted molar refractivity (Wildman–Crippen MR) is 98.9 cm³/mol. The summed E-state index contributed by atoms with van der Waals surface area (Å²) in [4.78, 5) is 2.47. The summed E-state index contributed by atoms with van der Waals surface area (Å²) in [6, 6.07) is 10.7. The Balaban J connectivity index is 1.34. The first-order chi connectivity index (χ1) is 11.9. The van der Waals surface area contributed by atoms with Gasteiger partial charge in [-0.15, -0.1) is 0 Å². The highest BCUT2D eigenvalue weighted by molar-refractivity contribution is 5.84. The number of piperidine rings is 1. The van der Waals surface area contributed by atoms with Gasteiger partial charge in [0.2, 0.25) is 0 Å². The van der Waals surface area contributed by atoms with Gasteiger partial charge in [0.1, 0.15) is 0 Å². The third-order valence-electron chi connectivity index (χ3n) is 4.68. The van der Waals surface area contributed by atoms with Gasteiger partial charge in [-0.1, -0.05) is 35.5 Å².